The second kappa shape index (κ2) is 15.0. The molecule has 45 heavy (non-hydrogen) atoms. The molecule has 4 N–H and O–H groups in total. The predicted octanol–water partition coefficient (Wildman–Crippen LogP) is 1.77. The molecule has 252 valence electrons. The number of esters is 1. The SMILES string of the molecule is C=CCNC(=O)C(OC(C)=O)[C@@H]1CCCCNC(=O)OCCC[C@H](NC(=O)OC(C)(C)C)C(=O)N2C[C@H]3[C@@H]([C@H]2C(=O)N1)C3(C)C. The molecule has 0 spiro atoms. The van der Waals surface area contributed by atoms with Crippen LogP contribution >= 0.6 is 0 Å². The van der Waals surface area contributed by atoms with Crippen molar-refractivity contribution in [2.75, 3.05) is 26.2 Å². The smallest absolute Gasteiger partial charge is 0.408 e. The standard InChI is InChI=1S/C31H49N5O9/c1-8-14-32-26(39)24(44-18(2)37)20-12-9-10-15-33-28(41)43-16-11-13-21(35-29(42)45-30(3,4)5)27(40)36-17-19-22(31(19,6)7)23(36)25(38)34-20/h8,19-24H,1,9-17H2,2-7H3,(H,32,39)(H,33,41)(H,34,38)(H,35,42)/t19-,20-,21-,22-,23-,24?/m0/s1. The Morgan fingerprint density at radius 1 is 1.16 bits per heavy atom. The van der Waals surface area contributed by atoms with Gasteiger partial charge in [0.25, 0.3) is 5.91 Å². The van der Waals surface area contributed by atoms with Crippen molar-refractivity contribution in [3.05, 3.63) is 12.7 Å². The molecule has 14 nitrogen and oxygen atoms in total. The maximum Gasteiger partial charge on any atom is 0.408 e. The van der Waals surface area contributed by atoms with E-state index in [1.54, 1.807) is 20.8 Å². The highest BCUT2D eigenvalue weighted by atomic mass is 16.6. The molecule has 0 aromatic carbocycles. The number of alkyl carbamates (subject to hydrolysis) is 2. The molecule has 2 saturated heterocycles. The molecule has 6 atom stereocenters. The van der Waals surface area contributed by atoms with Gasteiger partial charge in [-0.15, -0.1) is 6.58 Å². The van der Waals surface area contributed by atoms with Gasteiger partial charge < -0.3 is 40.4 Å². The quantitative estimate of drug-likeness (QED) is 0.192. The molecule has 1 saturated carbocycles. The van der Waals surface area contributed by atoms with Crippen LogP contribution in [0.15, 0.2) is 12.7 Å². The van der Waals surface area contributed by atoms with Crippen LogP contribution in [0.25, 0.3) is 0 Å². The highest BCUT2D eigenvalue weighted by Crippen LogP contribution is 2.65. The molecule has 0 bridgehead atoms. The Balaban J connectivity index is 1.95. The number of ether oxygens (including phenoxy) is 3. The molecule has 1 aliphatic carbocycles. The summed E-state index contributed by atoms with van der Waals surface area (Å²) in [6.45, 7) is 14.7. The summed E-state index contributed by atoms with van der Waals surface area (Å²) in [4.78, 5) is 79.8. The first-order valence-corrected chi connectivity index (χ1v) is 15.6. The summed E-state index contributed by atoms with van der Waals surface area (Å²) in [6, 6.07) is -2.86. The Labute approximate surface area is 264 Å². The summed E-state index contributed by atoms with van der Waals surface area (Å²) >= 11 is 0. The van der Waals surface area contributed by atoms with Crippen LogP contribution < -0.4 is 21.3 Å². The summed E-state index contributed by atoms with van der Waals surface area (Å²) in [7, 11) is 0. The van der Waals surface area contributed by atoms with Crippen molar-refractivity contribution in [2.24, 2.45) is 17.3 Å². The summed E-state index contributed by atoms with van der Waals surface area (Å²) < 4.78 is 16.1. The number of nitrogens with one attached hydrogen (secondary N) is 4. The number of fused-ring (bicyclic) bond motifs is 3. The lowest BCUT2D eigenvalue weighted by Gasteiger charge is -2.35. The van der Waals surface area contributed by atoms with Crippen LogP contribution in [-0.2, 0) is 33.4 Å². The number of carbonyl (C=O) groups is 6. The van der Waals surface area contributed by atoms with Crippen LogP contribution in [0, 0.1) is 17.3 Å². The Bertz CT molecular complexity index is 1150. The normalized spacial score (nSPS) is 28.0. The lowest BCUT2D eigenvalue weighted by molar-refractivity contribution is -0.157. The average Bonchev–Trinajstić information content (AvgIpc) is 3.26. The van der Waals surface area contributed by atoms with Crippen molar-refractivity contribution in [2.45, 2.75) is 103 Å². The lowest BCUT2D eigenvalue weighted by Crippen LogP contribution is -2.59. The highest BCUT2D eigenvalue weighted by molar-refractivity contribution is 5.93. The number of hydrogen-bond donors (Lipinski definition) is 4. The molecule has 3 rings (SSSR count). The first-order valence-electron chi connectivity index (χ1n) is 15.6. The fourth-order valence-corrected chi connectivity index (χ4v) is 6.24. The molecule has 3 aliphatic rings. The summed E-state index contributed by atoms with van der Waals surface area (Å²) in [5.74, 6) is -2.35. The molecule has 2 aliphatic heterocycles. The van der Waals surface area contributed by atoms with Crippen molar-refractivity contribution < 1.29 is 43.0 Å². The lowest BCUT2D eigenvalue weighted by atomic mass is 9.97. The fraction of sp³-hybridized carbons (Fsp3) is 0.742. The van der Waals surface area contributed by atoms with E-state index in [0.29, 0.717) is 19.4 Å². The minimum Gasteiger partial charge on any atom is -0.450 e. The van der Waals surface area contributed by atoms with Gasteiger partial charge >= 0.3 is 18.2 Å². The molecule has 3 fully saturated rings. The van der Waals surface area contributed by atoms with Crippen LogP contribution in [-0.4, -0.2) is 96.8 Å². The van der Waals surface area contributed by atoms with Crippen molar-refractivity contribution in [1.29, 1.82) is 0 Å². The predicted molar refractivity (Wildman–Crippen MR) is 163 cm³/mol. The molecule has 2 heterocycles. The van der Waals surface area contributed by atoms with Crippen molar-refractivity contribution in [3.63, 3.8) is 0 Å². The van der Waals surface area contributed by atoms with E-state index >= 15 is 0 Å². The average molecular weight is 636 g/mol. The second-order valence-electron chi connectivity index (χ2n) is 13.5. The van der Waals surface area contributed by atoms with E-state index in [4.69, 9.17) is 14.2 Å². The molecule has 1 unspecified atom stereocenters. The van der Waals surface area contributed by atoms with Crippen LogP contribution in [0.4, 0.5) is 9.59 Å². The summed E-state index contributed by atoms with van der Waals surface area (Å²) in [5.41, 5.74) is -1.02. The van der Waals surface area contributed by atoms with Crippen molar-refractivity contribution in [3.8, 4) is 0 Å². The molecule has 0 aromatic heterocycles. The fourth-order valence-electron chi connectivity index (χ4n) is 6.24. The Kier molecular flexibility index (Phi) is 11.8. The second-order valence-corrected chi connectivity index (χ2v) is 13.5. The van der Waals surface area contributed by atoms with E-state index in [2.05, 4.69) is 27.8 Å². The number of piperidine rings is 1. The monoisotopic (exact) mass is 635 g/mol. The maximum absolute atomic E-state index is 14.1. The van der Waals surface area contributed by atoms with E-state index in [-0.39, 0.29) is 56.2 Å². The molecular formula is C31H49N5O9. The summed E-state index contributed by atoms with van der Waals surface area (Å²) in [5, 5.41) is 10.9. The maximum atomic E-state index is 14.1. The molecular weight excluding hydrogens is 586 g/mol. The van der Waals surface area contributed by atoms with E-state index < -0.39 is 65.7 Å². The molecule has 0 aromatic rings. The number of amides is 5. The van der Waals surface area contributed by atoms with Crippen LogP contribution in [0.5, 0.6) is 0 Å². The van der Waals surface area contributed by atoms with Gasteiger partial charge in [-0.3, -0.25) is 19.2 Å². The van der Waals surface area contributed by atoms with Gasteiger partial charge in [-0.25, -0.2) is 9.59 Å². The first-order chi connectivity index (χ1) is 21.1. The third kappa shape index (κ3) is 9.57. The van der Waals surface area contributed by atoms with Gasteiger partial charge in [-0.1, -0.05) is 19.9 Å². The number of hydrogen-bond acceptors (Lipinski definition) is 9. The molecule has 14 heteroatoms. The Hall–Kier alpha value is -3.84. The van der Waals surface area contributed by atoms with Gasteiger partial charge in [0, 0.05) is 26.6 Å². The zero-order chi connectivity index (χ0) is 33.5. The zero-order valence-corrected chi connectivity index (χ0v) is 27.2. The van der Waals surface area contributed by atoms with Crippen LogP contribution in [0.3, 0.4) is 0 Å². The van der Waals surface area contributed by atoms with Crippen molar-refractivity contribution in [1.82, 2.24) is 26.2 Å². The number of nitrogens with zero attached hydrogens (tertiary/aromatic N) is 1. The number of carbonyl (C=O) groups excluding carboxylic acids is 6. The highest BCUT2D eigenvalue weighted by Gasteiger charge is 2.69. The number of cyclic esters (lactones) is 1. The van der Waals surface area contributed by atoms with Gasteiger partial charge in [-0.2, -0.15) is 0 Å². The minimum absolute atomic E-state index is 0.0137. The summed E-state index contributed by atoms with van der Waals surface area (Å²) in [6.07, 6.45) is 0.323. The molecule has 5 amide bonds. The van der Waals surface area contributed by atoms with Gasteiger partial charge in [-0.05, 0) is 70.1 Å². The number of rotatable bonds is 6. The Morgan fingerprint density at radius 3 is 2.51 bits per heavy atom. The van der Waals surface area contributed by atoms with E-state index in [1.807, 2.05) is 13.8 Å². The van der Waals surface area contributed by atoms with Crippen LogP contribution in [0.2, 0.25) is 0 Å². The van der Waals surface area contributed by atoms with E-state index in [0.717, 1.165) is 0 Å². The van der Waals surface area contributed by atoms with Gasteiger partial charge in [0.2, 0.25) is 11.8 Å². The van der Waals surface area contributed by atoms with Gasteiger partial charge in [0.1, 0.15) is 17.7 Å². The molecule has 0 radical (unpaired) electrons. The largest absolute Gasteiger partial charge is 0.450 e. The van der Waals surface area contributed by atoms with Gasteiger partial charge in [0.15, 0.2) is 6.10 Å². The topological polar surface area (TPSA) is 181 Å². The third-order valence-corrected chi connectivity index (χ3v) is 8.50. The Morgan fingerprint density at radius 2 is 1.87 bits per heavy atom. The van der Waals surface area contributed by atoms with E-state index in [9.17, 15) is 28.8 Å². The zero-order valence-electron chi connectivity index (χ0n) is 27.2. The van der Waals surface area contributed by atoms with E-state index in [1.165, 1.54) is 17.9 Å². The van der Waals surface area contributed by atoms with Crippen LogP contribution in [0.1, 0.15) is 73.6 Å². The third-order valence-electron chi connectivity index (χ3n) is 8.50. The van der Waals surface area contributed by atoms with Crippen molar-refractivity contribution >= 4 is 35.9 Å². The van der Waals surface area contributed by atoms with Gasteiger partial charge in [0.05, 0.1) is 12.6 Å². The first kappa shape index (κ1) is 35.6. The minimum atomic E-state index is -1.35.